The Morgan fingerprint density at radius 1 is 1.00 bits per heavy atom. The Balaban J connectivity index is 2.13. The molecule has 0 unspecified atom stereocenters. The summed E-state index contributed by atoms with van der Waals surface area (Å²) in [7, 11) is -3.26. The monoisotopic (exact) mass is 511 g/mol. The molecule has 0 fully saturated rings. The number of nitrogens with zero attached hydrogens (tertiary/aromatic N) is 2. The third-order valence-corrected chi connectivity index (χ3v) is 6.46. The lowest BCUT2D eigenvalue weighted by atomic mass is 10.1. The molecule has 2 aromatic carbocycles. The van der Waals surface area contributed by atoms with Gasteiger partial charge in [-0.15, -0.1) is 0 Å². The molecular weight excluding hydrogens is 502 g/mol. The number of benzene rings is 2. The van der Waals surface area contributed by atoms with Crippen LogP contribution in [0.1, 0.15) is 5.69 Å². The van der Waals surface area contributed by atoms with Gasteiger partial charge in [0.25, 0.3) is 10.0 Å². The summed E-state index contributed by atoms with van der Waals surface area (Å²) in [4.78, 5) is 11.9. The van der Waals surface area contributed by atoms with Gasteiger partial charge in [-0.05, 0) is 36.4 Å². The number of anilines is 1. The lowest BCUT2D eigenvalue weighted by Crippen LogP contribution is -2.23. The summed E-state index contributed by atoms with van der Waals surface area (Å²) in [6.07, 6.45) is -4.81. The van der Waals surface area contributed by atoms with E-state index in [0.29, 0.717) is 15.8 Å². The van der Waals surface area contributed by atoms with Crippen molar-refractivity contribution < 1.29 is 21.6 Å². The first kappa shape index (κ1) is 23.4. The Morgan fingerprint density at radius 3 is 2.19 bits per heavy atom. The largest absolute Gasteiger partial charge is 0.433 e. The van der Waals surface area contributed by atoms with E-state index in [0.717, 1.165) is 19.2 Å². The summed E-state index contributed by atoms with van der Waals surface area (Å²) in [6.45, 7) is 0. The molecule has 3 rings (SSSR count). The van der Waals surface area contributed by atoms with Gasteiger partial charge in [0.15, 0.2) is 0 Å². The quantitative estimate of drug-likeness (QED) is 0.519. The second-order valence-corrected chi connectivity index (χ2v) is 9.14. The highest BCUT2D eigenvalue weighted by molar-refractivity contribution is 7.92. The third kappa shape index (κ3) is 4.98. The fraction of sp³-hybridized carbons (Fsp3) is 0.111. The van der Waals surface area contributed by atoms with Crippen LogP contribution in [0.25, 0.3) is 11.3 Å². The first-order valence-electron chi connectivity index (χ1n) is 8.23. The van der Waals surface area contributed by atoms with E-state index < -0.39 is 37.9 Å². The van der Waals surface area contributed by atoms with Crippen LogP contribution in [0.2, 0.25) is 15.1 Å². The van der Waals surface area contributed by atoms with Crippen molar-refractivity contribution in [1.29, 1.82) is 0 Å². The van der Waals surface area contributed by atoms with E-state index >= 15 is 0 Å². The van der Waals surface area contributed by atoms with Gasteiger partial charge in [-0.3, -0.25) is 14.2 Å². The number of nitrogens with one attached hydrogen (secondary N) is 1. The standard InChI is InChI=1S/C18H11Cl3F3N3O3S/c1-27-16(18(22,23)24)8-14(28)17(25-27)11-6-15(13(21)7-12(11)20)31(29,30)26-10-4-2-9(19)3-5-10/h2-8,26H,1H3. The maximum Gasteiger partial charge on any atom is 0.433 e. The molecule has 1 N–H and O–H groups in total. The molecule has 13 heteroatoms. The van der Waals surface area contributed by atoms with Crippen LogP contribution in [-0.4, -0.2) is 18.2 Å². The summed E-state index contributed by atoms with van der Waals surface area (Å²) in [6, 6.07) is 8.14. The third-order valence-electron chi connectivity index (χ3n) is 4.05. The molecule has 0 radical (unpaired) electrons. The Kier molecular flexibility index (Phi) is 6.30. The fourth-order valence-corrected chi connectivity index (χ4v) is 4.68. The average molecular weight is 513 g/mol. The molecule has 1 aromatic heterocycles. The van der Waals surface area contributed by atoms with Crippen LogP contribution in [0.4, 0.5) is 18.9 Å². The van der Waals surface area contributed by atoms with Crippen LogP contribution in [0, 0.1) is 0 Å². The molecule has 164 valence electrons. The van der Waals surface area contributed by atoms with Crippen molar-refractivity contribution in [2.45, 2.75) is 11.1 Å². The van der Waals surface area contributed by atoms with Crippen LogP contribution in [0.3, 0.4) is 0 Å². The number of aryl methyl sites for hydroxylation is 1. The highest BCUT2D eigenvalue weighted by Crippen LogP contribution is 2.35. The van der Waals surface area contributed by atoms with Crippen molar-refractivity contribution in [2.75, 3.05) is 4.72 Å². The normalized spacial score (nSPS) is 12.1. The smallest absolute Gasteiger partial charge is 0.287 e. The lowest BCUT2D eigenvalue weighted by molar-refractivity contribution is -0.144. The maximum absolute atomic E-state index is 13.0. The van der Waals surface area contributed by atoms with Crippen LogP contribution in [0.5, 0.6) is 0 Å². The van der Waals surface area contributed by atoms with Crippen LogP contribution >= 0.6 is 34.8 Å². The van der Waals surface area contributed by atoms with Gasteiger partial charge in [0, 0.05) is 29.4 Å². The van der Waals surface area contributed by atoms with Gasteiger partial charge in [0.05, 0.1) is 10.0 Å². The van der Waals surface area contributed by atoms with Crippen molar-refractivity contribution >= 4 is 50.5 Å². The highest BCUT2D eigenvalue weighted by atomic mass is 35.5. The van der Waals surface area contributed by atoms with E-state index in [2.05, 4.69) is 9.82 Å². The highest BCUT2D eigenvalue weighted by Gasteiger charge is 2.35. The molecule has 0 amide bonds. The predicted octanol–water partition coefficient (Wildman–Crippen LogP) is 5.23. The molecule has 0 atom stereocenters. The minimum atomic E-state index is -4.81. The number of alkyl halides is 3. The Labute approximate surface area is 189 Å². The van der Waals surface area contributed by atoms with E-state index in [1.165, 1.54) is 24.3 Å². The molecule has 0 bridgehead atoms. The number of halogens is 6. The first-order valence-corrected chi connectivity index (χ1v) is 10.8. The van der Waals surface area contributed by atoms with Crippen molar-refractivity contribution in [3.63, 3.8) is 0 Å². The van der Waals surface area contributed by atoms with Gasteiger partial charge >= 0.3 is 6.18 Å². The van der Waals surface area contributed by atoms with Gasteiger partial charge in [-0.25, -0.2) is 8.42 Å². The summed E-state index contributed by atoms with van der Waals surface area (Å²) in [5, 5.41) is 3.60. The minimum Gasteiger partial charge on any atom is -0.287 e. The van der Waals surface area contributed by atoms with E-state index in [-0.39, 0.29) is 21.3 Å². The molecule has 0 aliphatic heterocycles. The Morgan fingerprint density at radius 2 is 1.61 bits per heavy atom. The van der Waals surface area contributed by atoms with E-state index in [1.807, 2.05) is 0 Å². The SMILES string of the molecule is Cn1nc(-c2cc(S(=O)(=O)Nc3ccc(Cl)cc3)c(Cl)cc2Cl)c(=O)cc1C(F)(F)F. The molecule has 0 saturated carbocycles. The molecule has 0 saturated heterocycles. The van der Waals surface area contributed by atoms with E-state index in [4.69, 9.17) is 34.8 Å². The first-order chi connectivity index (χ1) is 14.3. The van der Waals surface area contributed by atoms with Crippen molar-refractivity contribution in [1.82, 2.24) is 9.78 Å². The zero-order valence-electron chi connectivity index (χ0n) is 15.3. The number of hydrogen-bond donors (Lipinski definition) is 1. The maximum atomic E-state index is 13.0. The molecule has 0 aliphatic carbocycles. The number of hydrogen-bond acceptors (Lipinski definition) is 4. The average Bonchev–Trinajstić information content (AvgIpc) is 2.64. The van der Waals surface area contributed by atoms with E-state index in [1.54, 1.807) is 0 Å². The van der Waals surface area contributed by atoms with Crippen molar-refractivity contribution in [3.05, 3.63) is 73.4 Å². The number of sulfonamides is 1. The van der Waals surface area contributed by atoms with Crippen molar-refractivity contribution in [3.8, 4) is 11.3 Å². The van der Waals surface area contributed by atoms with E-state index in [9.17, 15) is 26.4 Å². The van der Waals surface area contributed by atoms with Crippen LogP contribution < -0.4 is 10.2 Å². The summed E-state index contributed by atoms with van der Waals surface area (Å²) >= 11 is 17.9. The van der Waals surface area contributed by atoms with Crippen LogP contribution in [-0.2, 0) is 23.2 Å². The second-order valence-electron chi connectivity index (χ2n) is 6.24. The zero-order valence-corrected chi connectivity index (χ0v) is 18.4. The fourth-order valence-electron chi connectivity index (χ4n) is 2.64. The topological polar surface area (TPSA) is 81.1 Å². The Hall–Kier alpha value is -2.27. The number of rotatable bonds is 4. The van der Waals surface area contributed by atoms with Crippen molar-refractivity contribution in [2.24, 2.45) is 7.05 Å². The molecule has 1 heterocycles. The lowest BCUT2D eigenvalue weighted by Gasteiger charge is -2.14. The van der Waals surface area contributed by atoms with Gasteiger partial charge in [0.1, 0.15) is 16.3 Å². The van der Waals surface area contributed by atoms with Gasteiger partial charge in [-0.2, -0.15) is 18.3 Å². The predicted molar refractivity (Wildman–Crippen MR) is 112 cm³/mol. The minimum absolute atomic E-state index is 0.167. The Bertz CT molecular complexity index is 1330. The number of aromatic nitrogens is 2. The molecule has 0 spiro atoms. The van der Waals surface area contributed by atoms with Gasteiger partial charge in [-0.1, -0.05) is 34.8 Å². The van der Waals surface area contributed by atoms with Gasteiger partial charge < -0.3 is 0 Å². The molecular formula is C18H11Cl3F3N3O3S. The molecule has 6 nitrogen and oxygen atoms in total. The molecule has 0 aliphatic rings. The summed E-state index contributed by atoms with van der Waals surface area (Å²) < 4.78 is 67.4. The second kappa shape index (κ2) is 8.34. The van der Waals surface area contributed by atoms with Crippen LogP contribution in [0.15, 0.2) is 52.2 Å². The summed E-state index contributed by atoms with van der Waals surface area (Å²) in [5.41, 5.74) is -2.86. The van der Waals surface area contributed by atoms with Gasteiger partial charge in [0.2, 0.25) is 5.43 Å². The summed E-state index contributed by atoms with van der Waals surface area (Å²) in [5.74, 6) is 0. The molecule has 3 aromatic rings. The molecule has 31 heavy (non-hydrogen) atoms. The zero-order chi connectivity index (χ0) is 23.1.